The summed E-state index contributed by atoms with van der Waals surface area (Å²) in [7, 11) is 0. The molecule has 20 heavy (non-hydrogen) atoms. The Morgan fingerprint density at radius 1 is 1.40 bits per heavy atom. The molecule has 0 atom stereocenters. The van der Waals surface area contributed by atoms with Gasteiger partial charge in [0.2, 0.25) is 0 Å². The fourth-order valence-corrected chi connectivity index (χ4v) is 2.00. The standard InChI is InChI=1S/C14H20N2O4/c1-4-14(5-2,9-17)15-13(18)11-6-7-12(16(19)20)10(3)8-11/h6-8,17H,4-5,9H2,1-3H3,(H,15,18). The molecule has 0 aliphatic rings. The zero-order chi connectivity index (χ0) is 15.3. The Kier molecular flexibility index (Phi) is 5.21. The summed E-state index contributed by atoms with van der Waals surface area (Å²) in [5, 5.41) is 23.0. The maximum Gasteiger partial charge on any atom is 0.272 e. The average Bonchev–Trinajstić information content (AvgIpc) is 2.44. The van der Waals surface area contributed by atoms with Gasteiger partial charge in [0.25, 0.3) is 11.6 Å². The van der Waals surface area contributed by atoms with Crippen LogP contribution in [0.15, 0.2) is 18.2 Å². The van der Waals surface area contributed by atoms with Crippen molar-refractivity contribution in [1.29, 1.82) is 0 Å². The molecule has 0 spiro atoms. The number of aliphatic hydroxyl groups is 1. The highest BCUT2D eigenvalue weighted by Crippen LogP contribution is 2.20. The number of aliphatic hydroxyl groups excluding tert-OH is 1. The zero-order valence-electron chi connectivity index (χ0n) is 12.0. The Morgan fingerprint density at radius 2 is 2.00 bits per heavy atom. The van der Waals surface area contributed by atoms with E-state index >= 15 is 0 Å². The molecule has 1 amide bonds. The summed E-state index contributed by atoms with van der Waals surface area (Å²) in [4.78, 5) is 22.4. The maximum atomic E-state index is 12.2. The second-order valence-corrected chi connectivity index (χ2v) is 4.86. The molecule has 1 rings (SSSR count). The smallest absolute Gasteiger partial charge is 0.272 e. The van der Waals surface area contributed by atoms with E-state index in [2.05, 4.69) is 5.32 Å². The molecule has 0 aliphatic heterocycles. The number of benzene rings is 1. The first-order valence-electron chi connectivity index (χ1n) is 6.57. The van der Waals surface area contributed by atoms with Crippen molar-refractivity contribution in [2.75, 3.05) is 6.61 Å². The largest absolute Gasteiger partial charge is 0.394 e. The van der Waals surface area contributed by atoms with E-state index in [-0.39, 0.29) is 18.2 Å². The van der Waals surface area contributed by atoms with E-state index in [1.54, 1.807) is 6.92 Å². The second kappa shape index (κ2) is 6.47. The summed E-state index contributed by atoms with van der Waals surface area (Å²) in [6.07, 6.45) is 1.22. The molecule has 6 heteroatoms. The quantitative estimate of drug-likeness (QED) is 0.617. The minimum atomic E-state index is -0.646. The molecule has 0 radical (unpaired) electrons. The molecule has 0 fully saturated rings. The Labute approximate surface area is 118 Å². The molecule has 0 saturated heterocycles. The first-order chi connectivity index (χ1) is 9.39. The van der Waals surface area contributed by atoms with Gasteiger partial charge in [-0.2, -0.15) is 0 Å². The molecule has 1 aromatic carbocycles. The Hall–Kier alpha value is -1.95. The van der Waals surface area contributed by atoms with Crippen molar-refractivity contribution in [3.8, 4) is 0 Å². The average molecular weight is 280 g/mol. The van der Waals surface area contributed by atoms with E-state index in [1.807, 2.05) is 13.8 Å². The van der Waals surface area contributed by atoms with Gasteiger partial charge < -0.3 is 10.4 Å². The Bertz CT molecular complexity index is 502. The lowest BCUT2D eigenvalue weighted by Gasteiger charge is -2.30. The Morgan fingerprint density at radius 3 is 2.40 bits per heavy atom. The minimum Gasteiger partial charge on any atom is -0.394 e. The highest BCUT2D eigenvalue weighted by Gasteiger charge is 2.28. The van der Waals surface area contributed by atoms with E-state index in [1.165, 1.54) is 18.2 Å². The molecule has 2 N–H and O–H groups in total. The summed E-state index contributed by atoms with van der Waals surface area (Å²) in [6.45, 7) is 5.23. The van der Waals surface area contributed by atoms with E-state index in [4.69, 9.17) is 0 Å². The molecule has 0 aliphatic carbocycles. The van der Waals surface area contributed by atoms with Crippen molar-refractivity contribution < 1.29 is 14.8 Å². The van der Waals surface area contributed by atoms with Crippen LogP contribution in [0.25, 0.3) is 0 Å². The Balaban J connectivity index is 2.99. The van der Waals surface area contributed by atoms with Gasteiger partial charge in [-0.1, -0.05) is 13.8 Å². The van der Waals surface area contributed by atoms with E-state index < -0.39 is 10.5 Å². The van der Waals surface area contributed by atoms with Crippen LogP contribution in [0.1, 0.15) is 42.6 Å². The minimum absolute atomic E-state index is 0.0130. The highest BCUT2D eigenvalue weighted by atomic mass is 16.6. The van der Waals surface area contributed by atoms with Crippen LogP contribution in [0.5, 0.6) is 0 Å². The number of carbonyl (C=O) groups excluding carboxylic acids is 1. The number of nitro benzene ring substituents is 1. The number of hydrogen-bond acceptors (Lipinski definition) is 4. The highest BCUT2D eigenvalue weighted by molar-refractivity contribution is 5.95. The van der Waals surface area contributed by atoms with Crippen molar-refractivity contribution in [3.05, 3.63) is 39.4 Å². The molecule has 0 unspecified atom stereocenters. The molecule has 0 aromatic heterocycles. The SMILES string of the molecule is CCC(CC)(CO)NC(=O)c1ccc([N+](=O)[O-])c(C)c1. The zero-order valence-corrected chi connectivity index (χ0v) is 12.0. The van der Waals surface area contributed by atoms with Gasteiger partial charge in [0, 0.05) is 17.2 Å². The number of nitro groups is 1. The molecule has 0 heterocycles. The lowest BCUT2D eigenvalue weighted by atomic mass is 9.93. The molecule has 110 valence electrons. The van der Waals surface area contributed by atoms with Crippen LogP contribution in [0.3, 0.4) is 0 Å². The number of hydrogen-bond donors (Lipinski definition) is 2. The van der Waals surface area contributed by atoms with Crippen molar-refractivity contribution in [1.82, 2.24) is 5.32 Å². The summed E-state index contributed by atoms with van der Waals surface area (Å²) in [5.41, 5.74) is 0.131. The van der Waals surface area contributed by atoms with E-state index in [0.717, 1.165) is 0 Å². The number of nitrogens with zero attached hydrogens (tertiary/aromatic N) is 1. The monoisotopic (exact) mass is 280 g/mol. The van der Waals surface area contributed by atoms with Gasteiger partial charge in [-0.25, -0.2) is 0 Å². The number of aryl methyl sites for hydroxylation is 1. The van der Waals surface area contributed by atoms with Gasteiger partial charge in [-0.15, -0.1) is 0 Å². The molecular formula is C14H20N2O4. The number of carbonyl (C=O) groups is 1. The third kappa shape index (κ3) is 3.33. The molecule has 6 nitrogen and oxygen atoms in total. The fourth-order valence-electron chi connectivity index (χ4n) is 2.00. The lowest BCUT2D eigenvalue weighted by Crippen LogP contribution is -2.50. The van der Waals surface area contributed by atoms with E-state index in [9.17, 15) is 20.0 Å². The number of rotatable bonds is 6. The van der Waals surface area contributed by atoms with Gasteiger partial charge in [0.15, 0.2) is 0 Å². The van der Waals surface area contributed by atoms with Gasteiger partial charge in [-0.05, 0) is 31.9 Å². The van der Waals surface area contributed by atoms with Crippen LogP contribution in [-0.4, -0.2) is 28.1 Å². The summed E-state index contributed by atoms with van der Waals surface area (Å²) >= 11 is 0. The van der Waals surface area contributed by atoms with Crippen LogP contribution in [0, 0.1) is 17.0 Å². The molecule has 0 bridgehead atoms. The third-order valence-corrected chi connectivity index (χ3v) is 3.69. The predicted octanol–water partition coefficient (Wildman–Crippen LogP) is 2.18. The fraction of sp³-hybridized carbons (Fsp3) is 0.500. The summed E-state index contributed by atoms with van der Waals surface area (Å²) < 4.78 is 0. The first kappa shape index (κ1) is 16.1. The summed E-state index contributed by atoms with van der Waals surface area (Å²) in [5.74, 6) is -0.333. The molecule has 0 saturated carbocycles. The van der Waals surface area contributed by atoms with Crippen LogP contribution < -0.4 is 5.32 Å². The van der Waals surface area contributed by atoms with E-state index in [0.29, 0.717) is 24.0 Å². The van der Waals surface area contributed by atoms with Crippen molar-refractivity contribution in [2.45, 2.75) is 39.2 Å². The van der Waals surface area contributed by atoms with Crippen molar-refractivity contribution in [2.24, 2.45) is 0 Å². The second-order valence-electron chi connectivity index (χ2n) is 4.86. The van der Waals surface area contributed by atoms with Gasteiger partial charge in [-0.3, -0.25) is 14.9 Å². The van der Waals surface area contributed by atoms with Gasteiger partial charge >= 0.3 is 0 Å². The van der Waals surface area contributed by atoms with Crippen LogP contribution in [0.4, 0.5) is 5.69 Å². The third-order valence-electron chi connectivity index (χ3n) is 3.69. The molecular weight excluding hydrogens is 260 g/mol. The van der Waals surface area contributed by atoms with Gasteiger partial charge in [0.1, 0.15) is 0 Å². The van der Waals surface area contributed by atoms with Gasteiger partial charge in [0.05, 0.1) is 17.1 Å². The van der Waals surface area contributed by atoms with Crippen molar-refractivity contribution in [3.63, 3.8) is 0 Å². The van der Waals surface area contributed by atoms with Crippen LogP contribution in [0.2, 0.25) is 0 Å². The molecule has 1 aromatic rings. The topological polar surface area (TPSA) is 92.5 Å². The summed E-state index contributed by atoms with van der Waals surface area (Å²) in [6, 6.07) is 4.23. The van der Waals surface area contributed by atoms with Crippen molar-refractivity contribution >= 4 is 11.6 Å². The predicted molar refractivity (Wildman–Crippen MR) is 75.7 cm³/mol. The van der Waals surface area contributed by atoms with Crippen LogP contribution in [-0.2, 0) is 0 Å². The number of amides is 1. The number of nitrogens with one attached hydrogen (secondary N) is 1. The maximum absolute atomic E-state index is 12.2. The van der Waals surface area contributed by atoms with Crippen LogP contribution >= 0.6 is 0 Å². The first-order valence-corrected chi connectivity index (χ1v) is 6.57. The lowest BCUT2D eigenvalue weighted by molar-refractivity contribution is -0.385. The normalized spacial score (nSPS) is 11.2.